The Morgan fingerprint density at radius 3 is 2.59 bits per heavy atom. The van der Waals surface area contributed by atoms with Gasteiger partial charge in [-0.15, -0.1) is 0 Å². The van der Waals surface area contributed by atoms with E-state index in [9.17, 15) is 9.59 Å². The van der Waals surface area contributed by atoms with Crippen LogP contribution in [0.15, 0.2) is 101 Å². The third-order valence-electron chi connectivity index (χ3n) is 6.44. The topological polar surface area (TPSA) is 85.2 Å². The Labute approximate surface area is 206 Å². The minimum atomic E-state index is -0.680. The van der Waals surface area contributed by atoms with Crippen LogP contribution in [0, 0.1) is 5.92 Å². The third kappa shape index (κ3) is 4.31. The highest BCUT2D eigenvalue weighted by atomic mass is 79.9. The summed E-state index contributed by atoms with van der Waals surface area (Å²) in [5.74, 6) is -0.832. The van der Waals surface area contributed by atoms with E-state index in [0.29, 0.717) is 29.9 Å². The quantitative estimate of drug-likeness (QED) is 0.535. The molecule has 2 aliphatic rings. The van der Waals surface area contributed by atoms with Crippen molar-refractivity contribution in [2.24, 2.45) is 5.92 Å². The van der Waals surface area contributed by atoms with Crippen LogP contribution in [0.2, 0.25) is 0 Å². The van der Waals surface area contributed by atoms with E-state index in [2.05, 4.69) is 55.2 Å². The number of H-pyrrole nitrogens is 1. The van der Waals surface area contributed by atoms with Crippen molar-refractivity contribution in [1.82, 2.24) is 10.3 Å². The zero-order valence-corrected chi connectivity index (χ0v) is 20.0. The minimum Gasteiger partial charge on any atom is -0.362 e. The number of Topliss-reactive ketones (excluding diaryl/α,β-unsaturated/α-hetero) is 1. The van der Waals surface area contributed by atoms with Gasteiger partial charge in [0.1, 0.15) is 5.82 Å². The van der Waals surface area contributed by atoms with E-state index < -0.39 is 11.8 Å². The molecule has 170 valence electrons. The van der Waals surface area contributed by atoms with E-state index in [-0.39, 0.29) is 17.6 Å². The molecular weight excluding hydrogens is 492 g/mol. The average molecular weight is 516 g/mol. The first-order valence-electron chi connectivity index (χ1n) is 11.2. The summed E-state index contributed by atoms with van der Waals surface area (Å²) in [5, 5.41) is 6.23. The molecule has 3 aromatic rings. The second-order valence-electron chi connectivity index (χ2n) is 8.61. The lowest BCUT2D eigenvalue weighted by molar-refractivity contribution is -0.392. The van der Waals surface area contributed by atoms with Gasteiger partial charge in [-0.1, -0.05) is 43.0 Å². The number of benzene rings is 1. The van der Waals surface area contributed by atoms with Gasteiger partial charge in [0.15, 0.2) is 17.7 Å². The molecule has 5 rings (SSSR count). The zero-order valence-electron chi connectivity index (χ0n) is 18.4. The number of carbonyl (C=O) groups is 2. The number of halogens is 1. The third-order valence-corrected chi connectivity index (χ3v) is 6.91. The molecule has 1 aliphatic heterocycles. The highest BCUT2D eigenvalue weighted by Crippen LogP contribution is 2.46. The molecule has 3 unspecified atom stereocenters. The summed E-state index contributed by atoms with van der Waals surface area (Å²) in [7, 11) is 0. The van der Waals surface area contributed by atoms with Crippen LogP contribution in [0.3, 0.4) is 0 Å². The van der Waals surface area contributed by atoms with E-state index in [0.717, 1.165) is 21.4 Å². The molecule has 1 amide bonds. The van der Waals surface area contributed by atoms with Crippen molar-refractivity contribution < 1.29 is 14.6 Å². The summed E-state index contributed by atoms with van der Waals surface area (Å²) in [6.45, 7) is 4.20. The summed E-state index contributed by atoms with van der Waals surface area (Å²) in [6.07, 6.45) is 4.53. The van der Waals surface area contributed by atoms with Crippen molar-refractivity contribution in [1.29, 1.82) is 0 Å². The Morgan fingerprint density at radius 1 is 1.09 bits per heavy atom. The lowest BCUT2D eigenvalue weighted by Crippen LogP contribution is -2.44. The molecular formula is C27H24BrN4O2+. The van der Waals surface area contributed by atoms with Gasteiger partial charge >= 0.3 is 0 Å². The molecule has 34 heavy (non-hydrogen) atoms. The normalized spacial score (nSPS) is 22.1. The van der Waals surface area contributed by atoms with Crippen LogP contribution in [-0.4, -0.2) is 16.7 Å². The fourth-order valence-corrected chi connectivity index (χ4v) is 5.14. The van der Waals surface area contributed by atoms with Crippen molar-refractivity contribution in [3.63, 3.8) is 0 Å². The smallest absolute Gasteiger partial charge is 0.235 e. The molecule has 6 nitrogen and oxygen atoms in total. The van der Waals surface area contributed by atoms with Crippen LogP contribution < -0.4 is 15.6 Å². The molecule has 0 saturated carbocycles. The Kier molecular flexibility index (Phi) is 6.11. The average Bonchev–Trinajstić information content (AvgIpc) is 2.85. The van der Waals surface area contributed by atoms with E-state index in [1.165, 1.54) is 0 Å². The van der Waals surface area contributed by atoms with Crippen molar-refractivity contribution >= 4 is 33.4 Å². The minimum absolute atomic E-state index is 0.0527. The predicted octanol–water partition coefficient (Wildman–Crippen LogP) is 4.51. The summed E-state index contributed by atoms with van der Waals surface area (Å²) in [5.41, 5.74) is 4.01. The maximum Gasteiger partial charge on any atom is 0.235 e. The van der Waals surface area contributed by atoms with Crippen molar-refractivity contribution in [2.45, 2.75) is 24.7 Å². The van der Waals surface area contributed by atoms with Gasteiger partial charge in [0, 0.05) is 46.2 Å². The lowest BCUT2D eigenvalue weighted by atomic mass is 9.70. The number of anilines is 1. The first-order valence-corrected chi connectivity index (χ1v) is 12.0. The monoisotopic (exact) mass is 515 g/mol. The Hall–Kier alpha value is -3.58. The van der Waals surface area contributed by atoms with Gasteiger partial charge in [-0.25, -0.2) is 9.97 Å². The molecule has 1 aliphatic carbocycles. The number of carbonyl (C=O) groups excluding carboxylic acids is 2. The Bertz CT molecular complexity index is 1270. The first kappa shape index (κ1) is 22.2. The number of allylic oxidation sites excluding steroid dienone is 2. The number of aromatic nitrogens is 2. The lowest BCUT2D eigenvalue weighted by Gasteiger charge is -2.38. The van der Waals surface area contributed by atoms with Crippen LogP contribution in [-0.2, 0) is 9.59 Å². The summed E-state index contributed by atoms with van der Waals surface area (Å²) < 4.78 is 0.821. The highest BCUT2D eigenvalue weighted by molar-refractivity contribution is 9.10. The zero-order chi connectivity index (χ0) is 23.7. The Morgan fingerprint density at radius 2 is 1.88 bits per heavy atom. The first-order chi connectivity index (χ1) is 16.5. The molecule has 2 aromatic heterocycles. The molecule has 1 aromatic carbocycles. The fraction of sp³-hybridized carbons (Fsp3) is 0.185. The maximum absolute atomic E-state index is 13.6. The number of nitrogens with zero attached hydrogens (tertiary/aromatic N) is 1. The number of nitrogens with one attached hydrogen (secondary N) is 3. The van der Waals surface area contributed by atoms with Crippen LogP contribution in [0.4, 0.5) is 5.82 Å². The molecule has 3 N–H and O–H groups in total. The summed E-state index contributed by atoms with van der Waals surface area (Å²) >= 11 is 3.36. The number of pyridine rings is 2. The van der Waals surface area contributed by atoms with Gasteiger partial charge in [-0.3, -0.25) is 9.59 Å². The van der Waals surface area contributed by atoms with Crippen LogP contribution >= 0.6 is 15.9 Å². The molecule has 3 atom stereocenters. The van der Waals surface area contributed by atoms with Crippen LogP contribution in [0.1, 0.15) is 35.9 Å². The maximum atomic E-state index is 13.6. The Balaban J connectivity index is 1.53. The fourth-order valence-electron chi connectivity index (χ4n) is 4.91. The highest BCUT2D eigenvalue weighted by Gasteiger charge is 2.47. The van der Waals surface area contributed by atoms with Crippen molar-refractivity contribution in [3.05, 3.63) is 112 Å². The van der Waals surface area contributed by atoms with Gasteiger partial charge < -0.3 is 10.6 Å². The van der Waals surface area contributed by atoms with Gasteiger partial charge in [0.05, 0.1) is 11.8 Å². The molecule has 0 bridgehead atoms. The molecule has 7 heteroatoms. The van der Waals surface area contributed by atoms with Crippen molar-refractivity contribution in [3.8, 4) is 0 Å². The summed E-state index contributed by atoms with van der Waals surface area (Å²) in [4.78, 5) is 34.6. The van der Waals surface area contributed by atoms with E-state index >= 15 is 0 Å². The van der Waals surface area contributed by atoms with Gasteiger partial charge in [-0.2, -0.15) is 0 Å². The number of hydrogen-bond acceptors (Lipinski definition) is 4. The van der Waals surface area contributed by atoms with Gasteiger partial charge in [0.25, 0.3) is 0 Å². The molecule has 0 fully saturated rings. The van der Waals surface area contributed by atoms with Gasteiger partial charge in [-0.05, 0) is 46.0 Å². The molecule has 0 saturated heterocycles. The standard InChI is InChI=1S/C27H23BrN4O2/c1-16-24(27(34)32-23-11-10-19(28)15-30-23)26(20-9-5-6-12-29-20)25-21(31-16)13-18(14-22(25)33)17-7-3-2-4-8-17/h2-12,15,18,24,26,31H,1,13-14H2,(H,30,32,34)/p+1. The predicted molar refractivity (Wildman–Crippen MR) is 133 cm³/mol. The van der Waals surface area contributed by atoms with E-state index in [4.69, 9.17) is 0 Å². The van der Waals surface area contributed by atoms with Crippen LogP contribution in [0.5, 0.6) is 0 Å². The SMILES string of the molecule is C=C1NC2=C(C(=O)CC(c3ccccc3)C2)C(c2cccc[nH+]2)C1C(=O)Nc1ccc(Br)cn1. The van der Waals surface area contributed by atoms with Crippen LogP contribution in [0.25, 0.3) is 0 Å². The molecule has 3 heterocycles. The number of hydrogen-bond donors (Lipinski definition) is 2. The number of rotatable bonds is 4. The van der Waals surface area contributed by atoms with E-state index in [1.54, 1.807) is 12.3 Å². The summed E-state index contributed by atoms with van der Waals surface area (Å²) in [6, 6.07) is 19.3. The number of amides is 1. The number of aromatic amines is 1. The van der Waals surface area contributed by atoms with E-state index in [1.807, 2.05) is 48.7 Å². The molecule has 0 spiro atoms. The van der Waals surface area contributed by atoms with Crippen molar-refractivity contribution in [2.75, 3.05) is 5.32 Å². The second kappa shape index (κ2) is 9.35. The van der Waals surface area contributed by atoms with Gasteiger partial charge in [0.2, 0.25) is 5.91 Å². The largest absolute Gasteiger partial charge is 0.362 e. The molecule has 0 radical (unpaired) electrons. The number of ketones is 1. The second-order valence-corrected chi connectivity index (χ2v) is 9.52.